The summed E-state index contributed by atoms with van der Waals surface area (Å²) in [4.78, 5) is 17.6. The van der Waals surface area contributed by atoms with Crippen LogP contribution in [0.15, 0.2) is 18.3 Å². The summed E-state index contributed by atoms with van der Waals surface area (Å²) >= 11 is 0. The van der Waals surface area contributed by atoms with E-state index in [1.54, 1.807) is 13.1 Å². The van der Waals surface area contributed by atoms with Crippen molar-refractivity contribution in [2.45, 2.75) is 19.4 Å². The summed E-state index contributed by atoms with van der Waals surface area (Å²) in [5.41, 5.74) is 6.73. The summed E-state index contributed by atoms with van der Waals surface area (Å²) in [6.45, 7) is 2.11. The summed E-state index contributed by atoms with van der Waals surface area (Å²) in [6.07, 6.45) is 2.15. The molecule has 0 amide bonds. The number of esters is 1. The highest BCUT2D eigenvalue weighted by Crippen LogP contribution is 2.16. The minimum atomic E-state index is -0.641. The van der Waals surface area contributed by atoms with Gasteiger partial charge >= 0.3 is 5.97 Å². The van der Waals surface area contributed by atoms with E-state index in [1.165, 1.54) is 0 Å². The molecule has 17 heavy (non-hydrogen) atoms. The van der Waals surface area contributed by atoms with Gasteiger partial charge in [0.25, 0.3) is 0 Å². The van der Waals surface area contributed by atoms with E-state index in [0.717, 1.165) is 11.4 Å². The molecule has 0 radical (unpaired) electrons. The molecule has 1 unspecified atom stereocenters. The van der Waals surface area contributed by atoms with E-state index in [2.05, 4.69) is 4.98 Å². The number of hydrogen-bond acceptors (Lipinski definition) is 5. The second-order valence-corrected chi connectivity index (χ2v) is 3.94. The first-order valence-electron chi connectivity index (χ1n) is 5.59. The Balaban J connectivity index is 2.77. The Morgan fingerprint density at radius 3 is 2.88 bits per heavy atom. The molecule has 0 bridgehead atoms. The van der Waals surface area contributed by atoms with E-state index in [4.69, 9.17) is 10.5 Å². The SMILES string of the molecule is CCOC(=O)C(N)Cc1cccnc1N(C)C. The van der Waals surface area contributed by atoms with Gasteiger partial charge in [-0.05, 0) is 18.6 Å². The number of nitrogens with two attached hydrogens (primary N) is 1. The zero-order chi connectivity index (χ0) is 12.8. The number of nitrogens with zero attached hydrogens (tertiary/aromatic N) is 2. The van der Waals surface area contributed by atoms with E-state index in [0.29, 0.717) is 13.0 Å². The highest BCUT2D eigenvalue weighted by molar-refractivity contribution is 5.76. The summed E-state index contributed by atoms with van der Waals surface area (Å²) < 4.78 is 4.88. The van der Waals surface area contributed by atoms with Gasteiger partial charge in [-0.3, -0.25) is 4.79 Å². The van der Waals surface area contributed by atoms with Gasteiger partial charge in [0.15, 0.2) is 0 Å². The van der Waals surface area contributed by atoms with Crippen LogP contribution in [0, 0.1) is 0 Å². The zero-order valence-electron chi connectivity index (χ0n) is 10.5. The molecule has 0 spiro atoms. The predicted molar refractivity (Wildman–Crippen MR) is 66.9 cm³/mol. The smallest absolute Gasteiger partial charge is 0.323 e. The highest BCUT2D eigenvalue weighted by atomic mass is 16.5. The Morgan fingerprint density at radius 1 is 1.59 bits per heavy atom. The number of anilines is 1. The molecule has 1 aromatic rings. The quantitative estimate of drug-likeness (QED) is 0.759. The van der Waals surface area contributed by atoms with Gasteiger partial charge in [-0.25, -0.2) is 4.98 Å². The molecule has 0 aromatic carbocycles. The molecular weight excluding hydrogens is 218 g/mol. The highest BCUT2D eigenvalue weighted by Gasteiger charge is 2.17. The molecule has 1 rings (SSSR count). The van der Waals surface area contributed by atoms with Crippen LogP contribution < -0.4 is 10.6 Å². The molecule has 2 N–H and O–H groups in total. The summed E-state index contributed by atoms with van der Waals surface area (Å²) in [5, 5.41) is 0. The van der Waals surface area contributed by atoms with Gasteiger partial charge in [-0.15, -0.1) is 0 Å². The lowest BCUT2D eigenvalue weighted by Crippen LogP contribution is -2.34. The van der Waals surface area contributed by atoms with Gasteiger partial charge in [0.2, 0.25) is 0 Å². The van der Waals surface area contributed by atoms with Crippen LogP contribution in [0.1, 0.15) is 12.5 Å². The first kappa shape index (κ1) is 13.4. The lowest BCUT2D eigenvalue weighted by Gasteiger charge is -2.17. The Bertz CT molecular complexity index is 380. The fraction of sp³-hybridized carbons (Fsp3) is 0.500. The standard InChI is InChI=1S/C12H19N3O2/c1-4-17-12(16)10(13)8-9-6-5-7-14-11(9)15(2)3/h5-7,10H,4,8,13H2,1-3H3. The number of aromatic nitrogens is 1. The van der Waals surface area contributed by atoms with Gasteiger partial charge in [-0.1, -0.05) is 6.07 Å². The Hall–Kier alpha value is -1.62. The average molecular weight is 237 g/mol. The van der Waals surface area contributed by atoms with Gasteiger partial charge in [0.1, 0.15) is 11.9 Å². The third-order valence-corrected chi connectivity index (χ3v) is 2.32. The maximum absolute atomic E-state index is 11.4. The van der Waals surface area contributed by atoms with Crippen molar-refractivity contribution in [3.63, 3.8) is 0 Å². The summed E-state index contributed by atoms with van der Waals surface area (Å²) in [6, 6.07) is 3.11. The fourth-order valence-electron chi connectivity index (χ4n) is 1.56. The molecule has 0 fully saturated rings. The zero-order valence-corrected chi connectivity index (χ0v) is 10.5. The van der Waals surface area contributed by atoms with E-state index in [-0.39, 0.29) is 5.97 Å². The third-order valence-electron chi connectivity index (χ3n) is 2.32. The van der Waals surface area contributed by atoms with Crippen molar-refractivity contribution >= 4 is 11.8 Å². The topological polar surface area (TPSA) is 68.5 Å². The number of carbonyl (C=O) groups excluding carboxylic acids is 1. The molecule has 5 heteroatoms. The largest absolute Gasteiger partial charge is 0.465 e. The van der Waals surface area contributed by atoms with Crippen LogP contribution in [-0.2, 0) is 16.0 Å². The molecule has 0 saturated heterocycles. The average Bonchev–Trinajstić information content (AvgIpc) is 2.29. The minimum absolute atomic E-state index is 0.347. The number of ether oxygens (including phenoxy) is 1. The fourth-order valence-corrected chi connectivity index (χ4v) is 1.56. The van der Waals surface area contributed by atoms with Gasteiger partial charge in [0, 0.05) is 26.7 Å². The van der Waals surface area contributed by atoms with E-state index < -0.39 is 6.04 Å². The van der Waals surface area contributed by atoms with Crippen LogP contribution in [-0.4, -0.2) is 37.7 Å². The molecule has 1 atom stereocenters. The van der Waals surface area contributed by atoms with Crippen molar-refractivity contribution < 1.29 is 9.53 Å². The van der Waals surface area contributed by atoms with Crippen LogP contribution in [0.3, 0.4) is 0 Å². The van der Waals surface area contributed by atoms with Gasteiger partial charge in [0.05, 0.1) is 6.61 Å². The van der Waals surface area contributed by atoms with Crippen molar-refractivity contribution in [1.82, 2.24) is 4.98 Å². The van der Waals surface area contributed by atoms with Crippen molar-refractivity contribution in [2.75, 3.05) is 25.6 Å². The molecular formula is C12H19N3O2. The number of carbonyl (C=O) groups is 1. The number of pyridine rings is 1. The van der Waals surface area contributed by atoms with E-state index in [1.807, 2.05) is 31.1 Å². The molecule has 0 aliphatic carbocycles. The van der Waals surface area contributed by atoms with Crippen molar-refractivity contribution in [2.24, 2.45) is 5.73 Å². The van der Waals surface area contributed by atoms with Crippen LogP contribution in [0.4, 0.5) is 5.82 Å². The Labute approximate surface area is 102 Å². The minimum Gasteiger partial charge on any atom is -0.465 e. The van der Waals surface area contributed by atoms with Gasteiger partial charge in [-0.2, -0.15) is 0 Å². The number of hydrogen-bond donors (Lipinski definition) is 1. The molecule has 5 nitrogen and oxygen atoms in total. The predicted octanol–water partition coefficient (Wildman–Crippen LogP) is 0.580. The van der Waals surface area contributed by atoms with Crippen molar-refractivity contribution in [3.8, 4) is 0 Å². The Kier molecular flexibility index (Phi) is 4.90. The first-order valence-corrected chi connectivity index (χ1v) is 5.59. The van der Waals surface area contributed by atoms with Crippen LogP contribution >= 0.6 is 0 Å². The molecule has 0 aliphatic heterocycles. The van der Waals surface area contributed by atoms with Crippen molar-refractivity contribution in [1.29, 1.82) is 0 Å². The van der Waals surface area contributed by atoms with Crippen LogP contribution in [0.5, 0.6) is 0 Å². The second-order valence-electron chi connectivity index (χ2n) is 3.94. The molecule has 94 valence electrons. The third kappa shape index (κ3) is 3.71. The number of rotatable bonds is 5. The van der Waals surface area contributed by atoms with Crippen LogP contribution in [0.25, 0.3) is 0 Å². The molecule has 1 heterocycles. The normalized spacial score (nSPS) is 12.0. The van der Waals surface area contributed by atoms with Crippen LogP contribution in [0.2, 0.25) is 0 Å². The second kappa shape index (κ2) is 6.20. The Morgan fingerprint density at radius 2 is 2.29 bits per heavy atom. The monoisotopic (exact) mass is 237 g/mol. The molecule has 0 aliphatic rings. The first-order chi connectivity index (χ1) is 8.06. The van der Waals surface area contributed by atoms with Gasteiger partial charge < -0.3 is 15.4 Å². The van der Waals surface area contributed by atoms with E-state index in [9.17, 15) is 4.79 Å². The van der Waals surface area contributed by atoms with Crippen molar-refractivity contribution in [3.05, 3.63) is 23.9 Å². The summed E-state index contributed by atoms with van der Waals surface area (Å²) in [5.74, 6) is 0.452. The lowest BCUT2D eigenvalue weighted by molar-refractivity contribution is -0.144. The van der Waals surface area contributed by atoms with E-state index >= 15 is 0 Å². The molecule has 1 aromatic heterocycles. The lowest BCUT2D eigenvalue weighted by atomic mass is 10.1. The summed E-state index contributed by atoms with van der Waals surface area (Å²) in [7, 11) is 3.81. The maximum atomic E-state index is 11.4. The molecule has 0 saturated carbocycles. The maximum Gasteiger partial charge on any atom is 0.323 e.